The first kappa shape index (κ1) is 21.9. The summed E-state index contributed by atoms with van der Waals surface area (Å²) in [5.41, 5.74) is 1.59. The fraction of sp³-hybridized carbons (Fsp3) is 0.192. The molecule has 3 heterocycles. The van der Waals surface area contributed by atoms with E-state index in [9.17, 15) is 9.59 Å². The van der Waals surface area contributed by atoms with Crippen molar-refractivity contribution in [2.24, 2.45) is 0 Å². The maximum Gasteiger partial charge on any atom is 0.277 e. The number of nitrogens with one attached hydrogen (secondary N) is 1. The lowest BCUT2D eigenvalue weighted by Gasteiger charge is -2.43. The Bertz CT molecular complexity index is 1320. The molecule has 172 valence electrons. The number of anilines is 1. The monoisotopic (exact) mass is 472 g/mol. The predicted molar refractivity (Wildman–Crippen MR) is 132 cm³/mol. The number of nitrogens with zero attached hydrogens (tertiary/aromatic N) is 3. The number of carbonyl (C=O) groups excluding carboxylic acids is 2. The zero-order valence-corrected chi connectivity index (χ0v) is 19.7. The normalized spacial score (nSPS) is 17.4. The Hall–Kier alpha value is -3.91. The van der Waals surface area contributed by atoms with Crippen molar-refractivity contribution < 1.29 is 14.3 Å². The molecule has 0 aliphatic carbocycles. The molecule has 8 heteroatoms. The van der Waals surface area contributed by atoms with Gasteiger partial charge in [-0.3, -0.25) is 19.2 Å². The van der Waals surface area contributed by atoms with E-state index in [1.165, 1.54) is 0 Å². The summed E-state index contributed by atoms with van der Waals surface area (Å²) in [5.74, 6) is 0.150. The van der Waals surface area contributed by atoms with E-state index in [2.05, 4.69) is 10.4 Å². The Labute approximate surface area is 201 Å². The van der Waals surface area contributed by atoms with Crippen LogP contribution in [-0.4, -0.2) is 34.2 Å². The molecule has 1 aliphatic heterocycles. The molecule has 0 fully saturated rings. The number of aromatic nitrogens is 2. The summed E-state index contributed by atoms with van der Waals surface area (Å²) in [6.45, 7) is 2.38. The van der Waals surface area contributed by atoms with Crippen LogP contribution >= 0.6 is 11.3 Å². The minimum absolute atomic E-state index is 0.228. The minimum atomic E-state index is -1.19. The molecule has 2 amide bonds. The van der Waals surface area contributed by atoms with Gasteiger partial charge in [0.2, 0.25) is 5.91 Å². The number of fused-ring (bicyclic) bond motifs is 1. The van der Waals surface area contributed by atoms with Gasteiger partial charge >= 0.3 is 0 Å². The van der Waals surface area contributed by atoms with Crippen LogP contribution in [0.25, 0.3) is 10.6 Å². The third kappa shape index (κ3) is 3.86. The van der Waals surface area contributed by atoms with Crippen LogP contribution in [0.4, 0.5) is 5.69 Å². The standard InChI is InChI=1S/C26H24N4O3S/c1-26(25(32)27-16-18-7-4-3-5-8-18)17-29-22(15-21(28-29)23-9-6-14-34-23)24(31)30(26)19-10-12-20(33-2)13-11-19/h3-15H,16-17H2,1-2H3,(H,27,32). The average Bonchev–Trinajstić information content (AvgIpc) is 3.54. The van der Waals surface area contributed by atoms with Crippen LogP contribution in [0.3, 0.4) is 0 Å². The van der Waals surface area contributed by atoms with Crippen molar-refractivity contribution in [3.05, 3.63) is 89.4 Å². The van der Waals surface area contributed by atoms with E-state index >= 15 is 0 Å². The van der Waals surface area contributed by atoms with Crippen molar-refractivity contribution in [3.8, 4) is 16.3 Å². The van der Waals surface area contributed by atoms with E-state index in [1.807, 2.05) is 47.8 Å². The van der Waals surface area contributed by atoms with Crippen molar-refractivity contribution in [1.29, 1.82) is 0 Å². The number of ether oxygens (including phenoxy) is 1. The summed E-state index contributed by atoms with van der Waals surface area (Å²) < 4.78 is 6.93. The van der Waals surface area contributed by atoms with Gasteiger partial charge < -0.3 is 10.1 Å². The van der Waals surface area contributed by atoms with Gasteiger partial charge in [0, 0.05) is 12.2 Å². The molecule has 0 saturated carbocycles. The largest absolute Gasteiger partial charge is 0.497 e. The van der Waals surface area contributed by atoms with Gasteiger partial charge in [0.15, 0.2) is 0 Å². The summed E-state index contributed by atoms with van der Waals surface area (Å²) in [6.07, 6.45) is 0. The van der Waals surface area contributed by atoms with E-state index in [1.54, 1.807) is 65.3 Å². The molecule has 1 atom stereocenters. The van der Waals surface area contributed by atoms with Crippen LogP contribution in [0, 0.1) is 0 Å². The van der Waals surface area contributed by atoms with Gasteiger partial charge in [0.05, 0.1) is 18.5 Å². The van der Waals surface area contributed by atoms with Crippen molar-refractivity contribution in [2.45, 2.75) is 25.6 Å². The van der Waals surface area contributed by atoms with Crippen LogP contribution in [-0.2, 0) is 17.9 Å². The Kier molecular flexibility index (Phi) is 5.67. The zero-order valence-electron chi connectivity index (χ0n) is 18.9. The second-order valence-corrected chi connectivity index (χ2v) is 9.28. The first-order valence-corrected chi connectivity index (χ1v) is 11.8. The molecule has 1 unspecified atom stereocenters. The molecule has 0 bridgehead atoms. The molecular weight excluding hydrogens is 448 g/mol. The number of rotatable bonds is 6. The summed E-state index contributed by atoms with van der Waals surface area (Å²) in [6, 6.07) is 22.6. The number of carbonyl (C=O) groups is 2. The van der Waals surface area contributed by atoms with Gasteiger partial charge in [-0.2, -0.15) is 5.10 Å². The number of hydrogen-bond donors (Lipinski definition) is 1. The van der Waals surface area contributed by atoms with Crippen LogP contribution in [0.2, 0.25) is 0 Å². The highest BCUT2D eigenvalue weighted by Gasteiger charge is 2.48. The molecule has 2 aromatic heterocycles. The third-order valence-corrected chi connectivity index (χ3v) is 6.94. The topological polar surface area (TPSA) is 76.5 Å². The Morgan fingerprint density at radius 3 is 2.56 bits per heavy atom. The molecule has 1 aliphatic rings. The first-order valence-electron chi connectivity index (χ1n) is 10.9. The fourth-order valence-corrected chi connectivity index (χ4v) is 4.91. The summed E-state index contributed by atoms with van der Waals surface area (Å²) in [5, 5.41) is 9.67. The number of hydrogen-bond acceptors (Lipinski definition) is 5. The Balaban J connectivity index is 1.54. The SMILES string of the molecule is COc1ccc(N2C(=O)c3cc(-c4cccs4)nn3CC2(C)C(=O)NCc2ccccc2)cc1. The van der Waals surface area contributed by atoms with E-state index < -0.39 is 5.54 Å². The van der Waals surface area contributed by atoms with Gasteiger partial charge in [-0.25, -0.2) is 0 Å². The lowest BCUT2D eigenvalue weighted by atomic mass is 9.93. The molecule has 2 aromatic carbocycles. The number of thiophene rings is 1. The molecule has 1 N–H and O–H groups in total. The van der Waals surface area contributed by atoms with Crippen molar-refractivity contribution in [1.82, 2.24) is 15.1 Å². The second-order valence-electron chi connectivity index (χ2n) is 8.33. The highest BCUT2D eigenvalue weighted by molar-refractivity contribution is 7.13. The summed E-state index contributed by atoms with van der Waals surface area (Å²) >= 11 is 1.56. The first-order chi connectivity index (χ1) is 16.5. The third-order valence-electron chi connectivity index (χ3n) is 6.04. The smallest absolute Gasteiger partial charge is 0.277 e. The quantitative estimate of drug-likeness (QED) is 0.453. The highest BCUT2D eigenvalue weighted by atomic mass is 32.1. The van der Waals surface area contributed by atoms with Crippen molar-refractivity contribution in [3.63, 3.8) is 0 Å². The molecule has 5 rings (SSSR count). The molecule has 0 saturated heterocycles. The van der Waals surface area contributed by atoms with Gasteiger partial charge in [0.25, 0.3) is 5.91 Å². The van der Waals surface area contributed by atoms with Gasteiger partial charge in [-0.1, -0.05) is 36.4 Å². The van der Waals surface area contributed by atoms with Crippen molar-refractivity contribution in [2.75, 3.05) is 12.0 Å². The number of benzene rings is 2. The van der Waals surface area contributed by atoms with Crippen LogP contribution < -0.4 is 15.0 Å². The van der Waals surface area contributed by atoms with Crippen LogP contribution in [0.5, 0.6) is 5.75 Å². The highest BCUT2D eigenvalue weighted by Crippen LogP contribution is 2.35. The van der Waals surface area contributed by atoms with Crippen LogP contribution in [0.1, 0.15) is 23.0 Å². The van der Waals surface area contributed by atoms with Gasteiger partial charge in [0.1, 0.15) is 22.7 Å². The Morgan fingerprint density at radius 2 is 1.88 bits per heavy atom. The predicted octanol–water partition coefficient (Wildman–Crippen LogP) is 4.36. The van der Waals surface area contributed by atoms with Gasteiger partial charge in [-0.15, -0.1) is 11.3 Å². The lowest BCUT2D eigenvalue weighted by Crippen LogP contribution is -2.64. The minimum Gasteiger partial charge on any atom is -0.497 e. The van der Waals surface area contributed by atoms with E-state index in [0.717, 1.165) is 16.1 Å². The maximum absolute atomic E-state index is 13.8. The molecule has 4 aromatic rings. The summed E-state index contributed by atoms with van der Waals surface area (Å²) in [7, 11) is 1.59. The van der Waals surface area contributed by atoms with E-state index in [0.29, 0.717) is 23.7 Å². The van der Waals surface area contributed by atoms with Gasteiger partial charge in [-0.05, 0) is 54.3 Å². The maximum atomic E-state index is 13.8. The number of amides is 2. The lowest BCUT2D eigenvalue weighted by molar-refractivity contribution is -0.126. The van der Waals surface area contributed by atoms with E-state index in [4.69, 9.17) is 4.74 Å². The summed E-state index contributed by atoms with van der Waals surface area (Å²) in [4.78, 5) is 30.0. The number of methoxy groups -OCH3 is 1. The van der Waals surface area contributed by atoms with Crippen molar-refractivity contribution >= 4 is 28.8 Å². The molecular formula is C26H24N4O3S. The second kappa shape index (κ2) is 8.79. The Morgan fingerprint density at radius 1 is 1.12 bits per heavy atom. The molecule has 34 heavy (non-hydrogen) atoms. The fourth-order valence-electron chi connectivity index (χ4n) is 4.23. The van der Waals surface area contributed by atoms with Crippen LogP contribution in [0.15, 0.2) is 78.2 Å². The molecule has 0 radical (unpaired) electrons. The zero-order chi connectivity index (χ0) is 23.7. The molecule has 7 nitrogen and oxygen atoms in total. The average molecular weight is 473 g/mol. The molecule has 0 spiro atoms. The van der Waals surface area contributed by atoms with E-state index in [-0.39, 0.29) is 18.4 Å².